The molecule has 5 nitrogen and oxygen atoms in total. The molecule has 2 aromatic rings. The van der Waals surface area contributed by atoms with E-state index in [2.05, 4.69) is 26.1 Å². The smallest absolute Gasteiger partial charge is 0.297 e. The van der Waals surface area contributed by atoms with Gasteiger partial charge < -0.3 is 5.32 Å². The highest BCUT2D eigenvalue weighted by atomic mass is 32.2. The average molecular weight is 446 g/mol. The molecule has 0 fully saturated rings. The van der Waals surface area contributed by atoms with Gasteiger partial charge in [-0.05, 0) is 63.1 Å². The van der Waals surface area contributed by atoms with E-state index in [1.54, 1.807) is 12.1 Å². The SMILES string of the molecule is Cc1ccc(S(=O)(=O)OC(CCc2ccccc2)C(=O)NC(C)(C)CC(C)(C)C)cc1. The van der Waals surface area contributed by atoms with Gasteiger partial charge in [0.2, 0.25) is 0 Å². The summed E-state index contributed by atoms with van der Waals surface area (Å²) in [6.07, 6.45) is 0.405. The topological polar surface area (TPSA) is 72.5 Å². The maximum atomic E-state index is 13.1. The maximum Gasteiger partial charge on any atom is 0.297 e. The molecule has 1 unspecified atom stereocenters. The molecule has 170 valence electrons. The Morgan fingerprint density at radius 2 is 1.55 bits per heavy atom. The highest BCUT2D eigenvalue weighted by Gasteiger charge is 2.33. The molecule has 0 heterocycles. The van der Waals surface area contributed by atoms with Gasteiger partial charge >= 0.3 is 0 Å². The van der Waals surface area contributed by atoms with Crippen LogP contribution in [0.1, 0.15) is 58.6 Å². The first-order valence-electron chi connectivity index (χ1n) is 10.6. The number of rotatable bonds is 9. The Morgan fingerprint density at radius 3 is 2.10 bits per heavy atom. The fourth-order valence-corrected chi connectivity index (χ4v) is 4.93. The van der Waals surface area contributed by atoms with Crippen molar-refractivity contribution in [3.8, 4) is 0 Å². The van der Waals surface area contributed by atoms with Crippen molar-refractivity contribution in [2.45, 2.75) is 77.3 Å². The first-order valence-corrected chi connectivity index (χ1v) is 12.0. The molecule has 6 heteroatoms. The van der Waals surface area contributed by atoms with E-state index in [0.717, 1.165) is 17.5 Å². The molecule has 1 N–H and O–H groups in total. The lowest BCUT2D eigenvalue weighted by Gasteiger charge is -2.34. The summed E-state index contributed by atoms with van der Waals surface area (Å²) < 4.78 is 31.2. The van der Waals surface area contributed by atoms with E-state index in [9.17, 15) is 13.2 Å². The van der Waals surface area contributed by atoms with E-state index in [-0.39, 0.29) is 16.7 Å². The van der Waals surface area contributed by atoms with Gasteiger partial charge in [-0.15, -0.1) is 0 Å². The number of carbonyl (C=O) groups excluding carboxylic acids is 1. The number of hydrogen-bond acceptors (Lipinski definition) is 4. The molecule has 1 amide bonds. The summed E-state index contributed by atoms with van der Waals surface area (Å²) in [5.74, 6) is -0.416. The van der Waals surface area contributed by atoms with Gasteiger partial charge in [-0.1, -0.05) is 68.8 Å². The van der Waals surface area contributed by atoms with Crippen molar-refractivity contribution >= 4 is 16.0 Å². The summed E-state index contributed by atoms with van der Waals surface area (Å²) in [7, 11) is -4.08. The first-order chi connectivity index (χ1) is 14.3. The summed E-state index contributed by atoms with van der Waals surface area (Å²) in [5, 5.41) is 3.00. The number of nitrogens with one attached hydrogen (secondary N) is 1. The van der Waals surface area contributed by atoms with Crippen LogP contribution in [0.15, 0.2) is 59.5 Å². The summed E-state index contributed by atoms with van der Waals surface area (Å²) >= 11 is 0. The summed E-state index contributed by atoms with van der Waals surface area (Å²) in [5.41, 5.74) is 1.47. The van der Waals surface area contributed by atoms with Gasteiger partial charge in [0, 0.05) is 5.54 Å². The molecule has 0 radical (unpaired) electrons. The molecule has 1 atom stereocenters. The molecular formula is C25H35NO4S. The lowest BCUT2D eigenvalue weighted by atomic mass is 9.81. The fraction of sp³-hybridized carbons (Fsp3) is 0.480. The largest absolute Gasteiger partial charge is 0.349 e. The van der Waals surface area contributed by atoms with Crippen LogP contribution in [-0.2, 0) is 25.5 Å². The monoisotopic (exact) mass is 445 g/mol. The predicted octanol–water partition coefficient (Wildman–Crippen LogP) is 5.03. The molecule has 0 spiro atoms. The van der Waals surface area contributed by atoms with Crippen LogP contribution >= 0.6 is 0 Å². The van der Waals surface area contributed by atoms with Gasteiger partial charge in [-0.25, -0.2) is 0 Å². The van der Waals surface area contributed by atoms with Crippen LogP contribution in [0.25, 0.3) is 0 Å². The molecule has 0 bridgehead atoms. The molecule has 2 rings (SSSR count). The zero-order chi connectivity index (χ0) is 23.3. The Kier molecular flexibility index (Phi) is 8.06. The predicted molar refractivity (Wildman–Crippen MR) is 124 cm³/mol. The standard InChI is InChI=1S/C25H35NO4S/c1-19-12-15-21(16-13-19)31(28,29)30-22(17-14-20-10-8-7-9-11-20)23(27)26-25(5,6)18-24(2,3)4/h7-13,15-16,22H,14,17-18H2,1-6H3,(H,26,27). The van der Waals surface area contributed by atoms with Gasteiger partial charge in [0.15, 0.2) is 6.10 Å². The summed E-state index contributed by atoms with van der Waals surface area (Å²) in [4.78, 5) is 13.2. The van der Waals surface area contributed by atoms with Crippen LogP contribution in [0.4, 0.5) is 0 Å². The van der Waals surface area contributed by atoms with E-state index in [1.807, 2.05) is 51.1 Å². The molecule has 31 heavy (non-hydrogen) atoms. The number of aryl methyl sites for hydroxylation is 2. The average Bonchev–Trinajstić information content (AvgIpc) is 2.63. The highest BCUT2D eigenvalue weighted by molar-refractivity contribution is 7.86. The Balaban J connectivity index is 2.22. The Hall–Kier alpha value is -2.18. The molecule has 0 aliphatic heterocycles. The molecule has 0 aromatic heterocycles. The molecule has 0 saturated carbocycles. The summed E-state index contributed by atoms with van der Waals surface area (Å²) in [6.45, 7) is 12.1. The van der Waals surface area contributed by atoms with E-state index < -0.39 is 27.7 Å². The third-order valence-electron chi connectivity index (χ3n) is 4.82. The van der Waals surface area contributed by atoms with Crippen LogP contribution in [0.3, 0.4) is 0 Å². The number of benzene rings is 2. The first kappa shape index (κ1) is 25.1. The van der Waals surface area contributed by atoms with E-state index in [1.165, 1.54) is 12.1 Å². The molecule has 0 aliphatic rings. The van der Waals surface area contributed by atoms with Crippen molar-refractivity contribution in [2.24, 2.45) is 5.41 Å². The molecular weight excluding hydrogens is 410 g/mol. The highest BCUT2D eigenvalue weighted by Crippen LogP contribution is 2.27. The van der Waals surface area contributed by atoms with E-state index >= 15 is 0 Å². The van der Waals surface area contributed by atoms with Crippen LogP contribution < -0.4 is 5.32 Å². The minimum atomic E-state index is -4.08. The lowest BCUT2D eigenvalue weighted by Crippen LogP contribution is -2.50. The van der Waals surface area contributed by atoms with E-state index in [0.29, 0.717) is 6.42 Å². The quantitative estimate of drug-likeness (QED) is 0.549. The normalized spacial score (nSPS) is 13.6. The van der Waals surface area contributed by atoms with Crippen molar-refractivity contribution in [1.29, 1.82) is 0 Å². The second-order valence-corrected chi connectivity index (χ2v) is 11.6. The maximum absolute atomic E-state index is 13.1. The van der Waals surface area contributed by atoms with Gasteiger partial charge in [-0.2, -0.15) is 8.42 Å². The second-order valence-electron chi connectivity index (χ2n) is 9.99. The van der Waals surface area contributed by atoms with Gasteiger partial charge in [0.1, 0.15) is 0 Å². The fourth-order valence-electron chi connectivity index (χ4n) is 3.86. The van der Waals surface area contributed by atoms with Crippen molar-refractivity contribution in [1.82, 2.24) is 5.32 Å². The van der Waals surface area contributed by atoms with Crippen molar-refractivity contribution in [2.75, 3.05) is 0 Å². The summed E-state index contributed by atoms with van der Waals surface area (Å²) in [6, 6.07) is 16.1. The van der Waals surface area contributed by atoms with Gasteiger partial charge in [0.25, 0.3) is 16.0 Å². The van der Waals surface area contributed by atoms with Crippen LogP contribution in [0.5, 0.6) is 0 Å². The van der Waals surface area contributed by atoms with Crippen molar-refractivity contribution < 1.29 is 17.4 Å². The van der Waals surface area contributed by atoms with Crippen LogP contribution in [-0.4, -0.2) is 26.0 Å². The number of amides is 1. The second kappa shape index (κ2) is 9.96. The van der Waals surface area contributed by atoms with Crippen molar-refractivity contribution in [3.63, 3.8) is 0 Å². The number of carbonyl (C=O) groups is 1. The minimum absolute atomic E-state index is 0.00511. The van der Waals surface area contributed by atoms with Crippen LogP contribution in [0.2, 0.25) is 0 Å². The number of hydrogen-bond donors (Lipinski definition) is 1. The van der Waals surface area contributed by atoms with Crippen LogP contribution in [0, 0.1) is 12.3 Å². The Labute approximate surface area is 187 Å². The zero-order valence-corrected chi connectivity index (χ0v) is 20.3. The zero-order valence-electron chi connectivity index (χ0n) is 19.4. The third kappa shape index (κ3) is 8.46. The van der Waals surface area contributed by atoms with E-state index in [4.69, 9.17) is 4.18 Å². The van der Waals surface area contributed by atoms with Crippen molar-refractivity contribution in [3.05, 3.63) is 65.7 Å². The molecule has 0 aliphatic carbocycles. The minimum Gasteiger partial charge on any atom is -0.349 e. The lowest BCUT2D eigenvalue weighted by molar-refractivity contribution is -0.130. The van der Waals surface area contributed by atoms with Gasteiger partial charge in [0.05, 0.1) is 4.90 Å². The van der Waals surface area contributed by atoms with Gasteiger partial charge in [-0.3, -0.25) is 8.98 Å². The molecule has 2 aromatic carbocycles. The Morgan fingerprint density at radius 1 is 0.968 bits per heavy atom. The Bertz CT molecular complexity index is 959. The third-order valence-corrected chi connectivity index (χ3v) is 6.15. The molecule has 0 saturated heterocycles.